The molecule has 0 atom stereocenters. The number of thioether (sulfide) groups is 1. The maximum Gasteiger partial charge on any atom is 0.345 e. The van der Waals surface area contributed by atoms with E-state index in [1.165, 1.54) is 17.0 Å². The molecule has 0 saturated carbocycles. The second-order valence-corrected chi connectivity index (χ2v) is 6.00. The molecule has 0 aliphatic heterocycles. The highest BCUT2D eigenvalue weighted by atomic mass is 32.2. The molecule has 0 aliphatic carbocycles. The summed E-state index contributed by atoms with van der Waals surface area (Å²) in [5.41, 5.74) is 2.29. The lowest BCUT2D eigenvalue weighted by atomic mass is 10.3. The van der Waals surface area contributed by atoms with E-state index in [2.05, 4.69) is 25.0 Å². The minimum Gasteiger partial charge on any atom is -0.477 e. The third-order valence-corrected chi connectivity index (χ3v) is 4.83. The number of aryl methyl sites for hydroxylation is 2. The number of rotatable bonds is 6. The van der Waals surface area contributed by atoms with E-state index in [1.54, 1.807) is 17.8 Å². The van der Waals surface area contributed by atoms with Crippen molar-refractivity contribution in [2.75, 3.05) is 0 Å². The zero-order chi connectivity index (χ0) is 13.8. The van der Waals surface area contributed by atoms with Gasteiger partial charge in [-0.05, 0) is 25.5 Å². The summed E-state index contributed by atoms with van der Waals surface area (Å²) in [4.78, 5) is 12.2. The molecule has 0 aliphatic rings. The van der Waals surface area contributed by atoms with Gasteiger partial charge >= 0.3 is 5.97 Å². The van der Waals surface area contributed by atoms with Crippen molar-refractivity contribution < 1.29 is 9.90 Å². The van der Waals surface area contributed by atoms with Crippen LogP contribution in [0.2, 0.25) is 0 Å². The van der Waals surface area contributed by atoms with Crippen molar-refractivity contribution in [1.29, 1.82) is 0 Å². The van der Waals surface area contributed by atoms with Crippen LogP contribution < -0.4 is 0 Å². The molecule has 0 bridgehead atoms. The number of aromatic nitrogens is 2. The van der Waals surface area contributed by atoms with Crippen LogP contribution in [0, 0.1) is 0 Å². The van der Waals surface area contributed by atoms with E-state index in [1.807, 2.05) is 10.1 Å². The van der Waals surface area contributed by atoms with Gasteiger partial charge in [-0.2, -0.15) is 5.10 Å². The minimum atomic E-state index is -0.858. The van der Waals surface area contributed by atoms with Crippen LogP contribution in [0.3, 0.4) is 0 Å². The van der Waals surface area contributed by atoms with Gasteiger partial charge in [-0.25, -0.2) is 4.79 Å². The van der Waals surface area contributed by atoms with E-state index in [-0.39, 0.29) is 0 Å². The SMILES string of the molecule is CCc1cc(CSc2csc(C(=O)O)c2)n(CC)n1. The lowest BCUT2D eigenvalue weighted by Crippen LogP contribution is -2.01. The van der Waals surface area contributed by atoms with Gasteiger partial charge in [0.05, 0.1) is 5.69 Å². The van der Waals surface area contributed by atoms with E-state index in [4.69, 9.17) is 5.11 Å². The van der Waals surface area contributed by atoms with Gasteiger partial charge in [-0.3, -0.25) is 4.68 Å². The topological polar surface area (TPSA) is 55.1 Å². The molecule has 2 heterocycles. The fourth-order valence-electron chi connectivity index (χ4n) is 1.74. The van der Waals surface area contributed by atoms with Crippen LogP contribution in [0.5, 0.6) is 0 Å². The zero-order valence-corrected chi connectivity index (χ0v) is 12.6. The van der Waals surface area contributed by atoms with E-state index in [0.29, 0.717) is 4.88 Å². The second-order valence-electron chi connectivity index (χ2n) is 4.04. The molecule has 0 unspecified atom stereocenters. The Morgan fingerprint density at radius 3 is 2.84 bits per heavy atom. The lowest BCUT2D eigenvalue weighted by molar-refractivity contribution is 0.0702. The molecule has 0 amide bonds. The summed E-state index contributed by atoms with van der Waals surface area (Å²) in [6.07, 6.45) is 0.937. The molecular weight excluding hydrogens is 280 g/mol. The molecule has 2 aromatic heterocycles. The number of carboxylic acid groups (broad SMARTS) is 1. The van der Waals surface area contributed by atoms with E-state index < -0.39 is 5.97 Å². The number of thiophene rings is 1. The summed E-state index contributed by atoms with van der Waals surface area (Å²) in [5.74, 6) is -0.0416. The maximum absolute atomic E-state index is 10.8. The molecule has 19 heavy (non-hydrogen) atoms. The minimum absolute atomic E-state index is 0.390. The second kappa shape index (κ2) is 6.25. The number of aromatic carboxylic acids is 1. The molecule has 0 aromatic carbocycles. The first-order valence-electron chi connectivity index (χ1n) is 6.14. The van der Waals surface area contributed by atoms with Crippen LogP contribution in [0.4, 0.5) is 0 Å². The summed E-state index contributed by atoms with van der Waals surface area (Å²) >= 11 is 2.92. The Morgan fingerprint density at radius 1 is 1.47 bits per heavy atom. The van der Waals surface area contributed by atoms with Gasteiger partial charge < -0.3 is 5.11 Å². The number of nitrogens with zero attached hydrogens (tertiary/aromatic N) is 2. The predicted molar refractivity (Wildman–Crippen MR) is 78.1 cm³/mol. The molecule has 102 valence electrons. The molecule has 0 fully saturated rings. The third kappa shape index (κ3) is 3.39. The lowest BCUT2D eigenvalue weighted by Gasteiger charge is -2.02. The number of hydrogen-bond acceptors (Lipinski definition) is 4. The van der Waals surface area contributed by atoms with Crippen LogP contribution >= 0.6 is 23.1 Å². The number of carboxylic acids is 1. The molecule has 0 radical (unpaired) electrons. The maximum atomic E-state index is 10.8. The summed E-state index contributed by atoms with van der Waals surface area (Å²) in [6, 6.07) is 3.85. The zero-order valence-electron chi connectivity index (χ0n) is 10.9. The van der Waals surface area contributed by atoms with Crippen molar-refractivity contribution in [3.8, 4) is 0 Å². The van der Waals surface area contributed by atoms with E-state index in [9.17, 15) is 4.79 Å². The molecule has 0 spiro atoms. The Kier molecular flexibility index (Phi) is 4.66. The van der Waals surface area contributed by atoms with Crippen molar-refractivity contribution in [2.45, 2.75) is 37.5 Å². The van der Waals surface area contributed by atoms with Crippen molar-refractivity contribution in [2.24, 2.45) is 0 Å². The quantitative estimate of drug-likeness (QED) is 0.829. The molecular formula is C13H16N2O2S2. The molecule has 4 nitrogen and oxygen atoms in total. The summed E-state index contributed by atoms with van der Waals surface area (Å²) in [5, 5.41) is 15.3. The van der Waals surface area contributed by atoms with Crippen molar-refractivity contribution in [1.82, 2.24) is 9.78 Å². The first-order chi connectivity index (χ1) is 9.13. The molecule has 1 N–H and O–H groups in total. The van der Waals surface area contributed by atoms with Crippen molar-refractivity contribution >= 4 is 29.1 Å². The Hall–Kier alpha value is -1.27. The highest BCUT2D eigenvalue weighted by Crippen LogP contribution is 2.28. The first-order valence-corrected chi connectivity index (χ1v) is 8.00. The van der Waals surface area contributed by atoms with E-state index >= 15 is 0 Å². The summed E-state index contributed by atoms with van der Waals surface area (Å²) < 4.78 is 2.01. The van der Waals surface area contributed by atoms with Crippen LogP contribution in [-0.2, 0) is 18.7 Å². The molecule has 6 heteroatoms. The van der Waals surface area contributed by atoms with Gasteiger partial charge in [0.2, 0.25) is 0 Å². The van der Waals surface area contributed by atoms with Crippen LogP contribution in [0.25, 0.3) is 0 Å². The van der Waals surface area contributed by atoms with Crippen LogP contribution in [0.15, 0.2) is 22.4 Å². The van der Waals surface area contributed by atoms with Crippen molar-refractivity contribution in [3.05, 3.63) is 33.8 Å². The van der Waals surface area contributed by atoms with Gasteiger partial charge in [0, 0.05) is 28.3 Å². The highest BCUT2D eigenvalue weighted by molar-refractivity contribution is 7.98. The van der Waals surface area contributed by atoms with Crippen molar-refractivity contribution in [3.63, 3.8) is 0 Å². The van der Waals surface area contributed by atoms with Gasteiger partial charge in [0.15, 0.2) is 0 Å². The Balaban J connectivity index is 2.05. The number of carbonyl (C=O) groups is 1. The standard InChI is InChI=1S/C13H16N2O2S2/c1-3-9-5-10(15(4-2)14-9)7-18-11-6-12(13(16)17)19-8-11/h5-6,8H,3-4,7H2,1-2H3,(H,16,17). The normalized spacial score (nSPS) is 10.8. The van der Waals surface area contributed by atoms with Gasteiger partial charge in [0.1, 0.15) is 4.88 Å². The monoisotopic (exact) mass is 296 g/mol. The summed E-state index contributed by atoms with van der Waals surface area (Å²) in [6.45, 7) is 5.03. The fraction of sp³-hybridized carbons (Fsp3) is 0.385. The van der Waals surface area contributed by atoms with Crippen LogP contribution in [-0.4, -0.2) is 20.9 Å². The fourth-order valence-corrected chi connectivity index (χ4v) is 3.59. The summed E-state index contributed by atoms with van der Waals surface area (Å²) in [7, 11) is 0. The van der Waals surface area contributed by atoms with E-state index in [0.717, 1.165) is 29.3 Å². The molecule has 2 rings (SSSR count). The first kappa shape index (κ1) is 14.1. The third-order valence-electron chi connectivity index (χ3n) is 2.75. The van der Waals surface area contributed by atoms with Gasteiger partial charge in [-0.15, -0.1) is 23.1 Å². The Labute approximate surface area is 120 Å². The Morgan fingerprint density at radius 2 is 2.26 bits per heavy atom. The number of hydrogen-bond donors (Lipinski definition) is 1. The highest BCUT2D eigenvalue weighted by Gasteiger charge is 2.09. The van der Waals surface area contributed by atoms with Crippen LogP contribution in [0.1, 0.15) is 34.9 Å². The predicted octanol–water partition coefficient (Wildman–Crippen LogP) is 3.52. The average Bonchev–Trinajstić information content (AvgIpc) is 3.02. The molecule has 2 aromatic rings. The smallest absolute Gasteiger partial charge is 0.345 e. The average molecular weight is 296 g/mol. The van der Waals surface area contributed by atoms with Gasteiger partial charge in [-0.1, -0.05) is 6.92 Å². The Bertz CT molecular complexity index is 575. The van der Waals surface area contributed by atoms with Gasteiger partial charge in [0.25, 0.3) is 0 Å². The largest absolute Gasteiger partial charge is 0.477 e. The molecule has 0 saturated heterocycles.